The number of aromatic nitrogens is 4. The molecule has 0 aliphatic carbocycles. The Labute approximate surface area is 152 Å². The van der Waals surface area contributed by atoms with Crippen LogP contribution < -0.4 is 5.32 Å². The number of hydrogen-bond donors (Lipinski definition) is 1. The van der Waals surface area contributed by atoms with Gasteiger partial charge in [0.15, 0.2) is 0 Å². The first kappa shape index (κ1) is 18.2. The van der Waals surface area contributed by atoms with E-state index < -0.39 is 0 Å². The van der Waals surface area contributed by atoms with Crippen molar-refractivity contribution in [1.29, 1.82) is 0 Å². The number of nitrogens with zero attached hydrogens (tertiary/aromatic N) is 4. The summed E-state index contributed by atoms with van der Waals surface area (Å²) >= 11 is 0. The lowest BCUT2D eigenvalue weighted by atomic mass is 10.1. The van der Waals surface area contributed by atoms with Gasteiger partial charge in [-0.25, -0.2) is 4.98 Å². The molecule has 26 heavy (non-hydrogen) atoms. The van der Waals surface area contributed by atoms with Crippen molar-refractivity contribution in [3.63, 3.8) is 0 Å². The minimum Gasteiger partial charge on any atom is -0.379 e. The predicted molar refractivity (Wildman–Crippen MR) is 95.0 cm³/mol. The highest BCUT2D eigenvalue weighted by Crippen LogP contribution is 2.14. The van der Waals surface area contributed by atoms with Gasteiger partial charge in [-0.05, 0) is 32.4 Å². The Kier molecular flexibility index (Phi) is 6.08. The van der Waals surface area contributed by atoms with E-state index in [0.29, 0.717) is 31.2 Å². The summed E-state index contributed by atoms with van der Waals surface area (Å²) in [5.74, 6) is 0.395. The van der Waals surface area contributed by atoms with Gasteiger partial charge in [-0.15, -0.1) is 10.2 Å². The lowest BCUT2D eigenvalue weighted by Gasteiger charge is -2.31. The molecule has 0 unspecified atom stereocenters. The highest BCUT2D eigenvalue weighted by molar-refractivity contribution is 5.94. The molecule has 1 amide bonds. The van der Waals surface area contributed by atoms with Crippen LogP contribution in [0, 0.1) is 0 Å². The number of rotatable bonds is 6. The molecule has 8 heteroatoms. The van der Waals surface area contributed by atoms with Crippen molar-refractivity contribution < 1.29 is 14.3 Å². The van der Waals surface area contributed by atoms with Crippen LogP contribution in [0.3, 0.4) is 0 Å². The van der Waals surface area contributed by atoms with Gasteiger partial charge in [-0.1, -0.05) is 11.6 Å². The van der Waals surface area contributed by atoms with Crippen molar-refractivity contribution in [2.75, 3.05) is 19.8 Å². The smallest absolute Gasteiger partial charge is 0.251 e. The SMILES string of the molecule is CC(C)=CCO[C@@H]1CCOC[C@@H]1NC(=O)c1ccnc(-n2cnnc2)c1. The second kappa shape index (κ2) is 8.68. The first-order valence-electron chi connectivity index (χ1n) is 8.58. The summed E-state index contributed by atoms with van der Waals surface area (Å²) < 4.78 is 13.1. The molecule has 1 aliphatic heterocycles. The van der Waals surface area contributed by atoms with Crippen molar-refractivity contribution in [2.45, 2.75) is 32.4 Å². The molecule has 0 aromatic carbocycles. The first-order valence-corrected chi connectivity index (χ1v) is 8.58. The van der Waals surface area contributed by atoms with Crippen LogP contribution in [0.25, 0.3) is 5.82 Å². The van der Waals surface area contributed by atoms with Gasteiger partial charge in [-0.3, -0.25) is 9.36 Å². The molecular weight excluding hydrogens is 334 g/mol. The maximum absolute atomic E-state index is 12.7. The summed E-state index contributed by atoms with van der Waals surface area (Å²) in [4.78, 5) is 16.9. The van der Waals surface area contributed by atoms with Gasteiger partial charge < -0.3 is 14.8 Å². The minimum absolute atomic E-state index is 0.0672. The lowest BCUT2D eigenvalue weighted by molar-refractivity contribution is -0.0457. The van der Waals surface area contributed by atoms with Crippen LogP contribution in [0.1, 0.15) is 30.6 Å². The van der Waals surface area contributed by atoms with Gasteiger partial charge in [-0.2, -0.15) is 0 Å². The standard InChI is InChI=1S/C18H23N5O3/c1-13(2)4-8-26-16-5-7-25-10-15(16)22-18(24)14-3-6-19-17(9-14)23-11-20-21-12-23/h3-4,6,9,11-12,15-16H,5,7-8,10H2,1-2H3,(H,22,24)/t15-,16+/m0/s1. The van der Waals surface area contributed by atoms with Crippen molar-refractivity contribution in [2.24, 2.45) is 0 Å². The highest BCUT2D eigenvalue weighted by Gasteiger charge is 2.28. The molecule has 1 fully saturated rings. The molecule has 0 radical (unpaired) electrons. The van der Waals surface area contributed by atoms with Crippen LogP contribution in [0.5, 0.6) is 0 Å². The number of hydrogen-bond acceptors (Lipinski definition) is 6. The van der Waals surface area contributed by atoms with Crippen LogP contribution >= 0.6 is 0 Å². The summed E-state index contributed by atoms with van der Waals surface area (Å²) in [6.45, 7) is 5.67. The van der Waals surface area contributed by atoms with Gasteiger partial charge >= 0.3 is 0 Å². The Bertz CT molecular complexity index is 756. The first-order chi connectivity index (χ1) is 12.6. The van der Waals surface area contributed by atoms with E-state index >= 15 is 0 Å². The van der Waals surface area contributed by atoms with Crippen molar-refractivity contribution in [1.82, 2.24) is 25.1 Å². The number of ether oxygens (including phenoxy) is 2. The van der Waals surface area contributed by atoms with Gasteiger partial charge in [0.2, 0.25) is 0 Å². The van der Waals surface area contributed by atoms with Gasteiger partial charge in [0.25, 0.3) is 5.91 Å². The Morgan fingerprint density at radius 2 is 2.23 bits per heavy atom. The third kappa shape index (κ3) is 4.74. The molecule has 0 saturated carbocycles. The summed E-state index contributed by atoms with van der Waals surface area (Å²) in [6.07, 6.45) is 7.37. The number of pyridine rings is 1. The average Bonchev–Trinajstić information content (AvgIpc) is 3.18. The van der Waals surface area contributed by atoms with Crippen LogP contribution in [-0.2, 0) is 9.47 Å². The molecule has 3 rings (SSSR count). The van der Waals surface area contributed by atoms with E-state index in [1.807, 2.05) is 19.9 Å². The summed E-state index contributed by atoms with van der Waals surface area (Å²) in [5.41, 5.74) is 1.72. The van der Waals surface area contributed by atoms with E-state index in [9.17, 15) is 4.79 Å². The van der Waals surface area contributed by atoms with E-state index in [4.69, 9.17) is 9.47 Å². The Morgan fingerprint density at radius 1 is 1.42 bits per heavy atom. The quantitative estimate of drug-likeness (QED) is 0.789. The molecule has 8 nitrogen and oxygen atoms in total. The molecule has 1 saturated heterocycles. The van der Waals surface area contributed by atoms with Gasteiger partial charge in [0.1, 0.15) is 18.5 Å². The van der Waals surface area contributed by atoms with E-state index in [1.165, 1.54) is 18.2 Å². The normalized spacial score (nSPS) is 19.8. The fourth-order valence-corrected chi connectivity index (χ4v) is 2.66. The number of allylic oxidation sites excluding steroid dienone is 1. The highest BCUT2D eigenvalue weighted by atomic mass is 16.5. The number of carbonyl (C=O) groups excluding carboxylic acids is 1. The molecule has 138 valence electrons. The molecule has 3 heterocycles. The van der Waals surface area contributed by atoms with Crippen LogP contribution in [0.15, 0.2) is 42.6 Å². The second-order valence-corrected chi connectivity index (χ2v) is 6.37. The van der Waals surface area contributed by atoms with Gasteiger partial charge in [0, 0.05) is 18.4 Å². The topological polar surface area (TPSA) is 91.2 Å². The molecule has 2 aromatic rings. The molecule has 2 aromatic heterocycles. The average molecular weight is 357 g/mol. The van der Waals surface area contributed by atoms with E-state index in [0.717, 1.165) is 6.42 Å². The predicted octanol–water partition coefficient (Wildman–Crippen LogP) is 1.53. The van der Waals surface area contributed by atoms with Gasteiger partial charge in [0.05, 0.1) is 25.4 Å². The van der Waals surface area contributed by atoms with Crippen LogP contribution in [0.2, 0.25) is 0 Å². The Hall–Kier alpha value is -2.58. The van der Waals surface area contributed by atoms with Crippen molar-refractivity contribution in [3.05, 3.63) is 48.2 Å². The monoisotopic (exact) mass is 357 g/mol. The van der Waals surface area contributed by atoms with E-state index in [-0.39, 0.29) is 18.1 Å². The zero-order valence-corrected chi connectivity index (χ0v) is 15.0. The molecule has 0 bridgehead atoms. The Balaban J connectivity index is 1.66. The molecule has 1 aliphatic rings. The van der Waals surface area contributed by atoms with E-state index in [1.54, 1.807) is 22.9 Å². The molecular formula is C18H23N5O3. The minimum atomic E-state index is -0.187. The van der Waals surface area contributed by atoms with Crippen molar-refractivity contribution in [3.8, 4) is 5.82 Å². The Morgan fingerprint density at radius 3 is 3.00 bits per heavy atom. The number of nitrogens with one attached hydrogen (secondary N) is 1. The fourth-order valence-electron chi connectivity index (χ4n) is 2.66. The van der Waals surface area contributed by atoms with Crippen LogP contribution in [0.4, 0.5) is 0 Å². The summed E-state index contributed by atoms with van der Waals surface area (Å²) in [7, 11) is 0. The maximum Gasteiger partial charge on any atom is 0.251 e. The third-order valence-electron chi connectivity index (χ3n) is 4.10. The largest absolute Gasteiger partial charge is 0.379 e. The molecule has 1 N–H and O–H groups in total. The van der Waals surface area contributed by atoms with Crippen LogP contribution in [-0.4, -0.2) is 57.6 Å². The van der Waals surface area contributed by atoms with E-state index in [2.05, 4.69) is 20.5 Å². The number of amides is 1. The zero-order chi connectivity index (χ0) is 18.4. The fraction of sp³-hybridized carbons (Fsp3) is 0.444. The molecule has 2 atom stereocenters. The molecule has 0 spiro atoms. The zero-order valence-electron chi connectivity index (χ0n) is 15.0. The number of carbonyl (C=O) groups is 1. The second-order valence-electron chi connectivity index (χ2n) is 6.37. The van der Waals surface area contributed by atoms with Crippen molar-refractivity contribution >= 4 is 5.91 Å². The third-order valence-corrected chi connectivity index (χ3v) is 4.10. The summed E-state index contributed by atoms with van der Waals surface area (Å²) in [5, 5.41) is 10.5. The lowest BCUT2D eigenvalue weighted by Crippen LogP contribution is -2.50. The maximum atomic E-state index is 12.7. The summed E-state index contributed by atoms with van der Waals surface area (Å²) in [6, 6.07) is 3.18.